The molecule has 0 bridgehead atoms. The van der Waals surface area contributed by atoms with Crippen LogP contribution in [0.25, 0.3) is 0 Å². The van der Waals surface area contributed by atoms with E-state index in [4.69, 9.17) is 10.5 Å². The first-order valence-corrected chi connectivity index (χ1v) is 6.87. The molecule has 0 spiro atoms. The molecule has 1 fully saturated rings. The van der Waals surface area contributed by atoms with Gasteiger partial charge in [-0.15, -0.1) is 0 Å². The zero-order chi connectivity index (χ0) is 13.0. The van der Waals surface area contributed by atoms with Crippen molar-refractivity contribution in [2.24, 2.45) is 11.1 Å². The lowest BCUT2D eigenvalue weighted by Crippen LogP contribution is -2.54. The number of hydrogen-bond donors (Lipinski definition) is 2. The Balaban J connectivity index is 1.76. The van der Waals surface area contributed by atoms with Crippen LogP contribution in [-0.2, 0) is 11.2 Å². The van der Waals surface area contributed by atoms with E-state index in [1.54, 1.807) is 6.07 Å². The molecule has 0 radical (unpaired) electrons. The van der Waals surface area contributed by atoms with Crippen LogP contribution in [0.4, 0.5) is 4.39 Å². The van der Waals surface area contributed by atoms with Crippen molar-refractivity contribution in [3.63, 3.8) is 0 Å². The van der Waals surface area contributed by atoms with Crippen LogP contribution in [0, 0.1) is 11.2 Å². The molecule has 0 aromatic heterocycles. The summed E-state index contributed by atoms with van der Waals surface area (Å²) in [4.78, 5) is 0. The van der Waals surface area contributed by atoms with E-state index in [9.17, 15) is 4.39 Å². The molecule has 1 heterocycles. The van der Waals surface area contributed by atoms with Crippen LogP contribution in [0.2, 0.25) is 0 Å². The largest absolute Gasteiger partial charge is 0.380 e. The number of rotatable bonds is 6. The minimum Gasteiger partial charge on any atom is -0.380 e. The third kappa shape index (κ3) is 3.29. The summed E-state index contributed by atoms with van der Waals surface area (Å²) in [7, 11) is 0. The lowest BCUT2D eigenvalue weighted by Gasteiger charge is -2.40. The number of nitrogens with one attached hydrogen (secondary N) is 1. The maximum atomic E-state index is 13.5. The SMILES string of the molecule is NCC1(CNCCc2cc(Br)ccc2F)COC1. The molecule has 5 heteroatoms. The highest BCUT2D eigenvalue weighted by Gasteiger charge is 2.36. The molecular weight excluding hydrogens is 299 g/mol. The summed E-state index contributed by atoms with van der Waals surface area (Å²) >= 11 is 3.35. The van der Waals surface area contributed by atoms with Gasteiger partial charge in [-0.1, -0.05) is 15.9 Å². The van der Waals surface area contributed by atoms with Gasteiger partial charge in [0.15, 0.2) is 0 Å². The minimum absolute atomic E-state index is 0.0931. The van der Waals surface area contributed by atoms with Crippen molar-refractivity contribution in [3.8, 4) is 0 Å². The molecule has 100 valence electrons. The summed E-state index contributed by atoms with van der Waals surface area (Å²) in [6.07, 6.45) is 0.673. The Bertz CT molecular complexity index is 404. The van der Waals surface area contributed by atoms with Crippen molar-refractivity contribution >= 4 is 15.9 Å². The fourth-order valence-electron chi connectivity index (χ4n) is 1.99. The van der Waals surface area contributed by atoms with Gasteiger partial charge >= 0.3 is 0 Å². The predicted octanol–water partition coefficient (Wildman–Crippen LogP) is 1.70. The molecule has 2 rings (SSSR count). The molecule has 0 aliphatic carbocycles. The molecular formula is C13H18BrFN2O. The van der Waals surface area contributed by atoms with E-state index < -0.39 is 0 Å². The molecule has 0 atom stereocenters. The average Bonchev–Trinajstić information content (AvgIpc) is 2.31. The Morgan fingerprint density at radius 3 is 2.83 bits per heavy atom. The van der Waals surface area contributed by atoms with Crippen LogP contribution in [0.5, 0.6) is 0 Å². The van der Waals surface area contributed by atoms with Gasteiger partial charge in [0, 0.05) is 23.0 Å². The Kier molecular flexibility index (Phi) is 4.72. The highest BCUT2D eigenvalue weighted by Crippen LogP contribution is 2.24. The van der Waals surface area contributed by atoms with Gasteiger partial charge in [0.05, 0.1) is 13.2 Å². The number of benzene rings is 1. The van der Waals surface area contributed by atoms with Gasteiger partial charge in [0.2, 0.25) is 0 Å². The van der Waals surface area contributed by atoms with Crippen LogP contribution in [0.3, 0.4) is 0 Å². The van der Waals surface area contributed by atoms with Gasteiger partial charge in [0.25, 0.3) is 0 Å². The lowest BCUT2D eigenvalue weighted by atomic mass is 9.86. The third-order valence-electron chi connectivity index (χ3n) is 3.33. The summed E-state index contributed by atoms with van der Waals surface area (Å²) in [6.45, 7) is 3.66. The molecule has 3 nitrogen and oxygen atoms in total. The number of halogens is 2. The normalized spacial score (nSPS) is 17.5. The topological polar surface area (TPSA) is 47.3 Å². The van der Waals surface area contributed by atoms with Gasteiger partial charge in [-0.25, -0.2) is 4.39 Å². The molecule has 0 saturated carbocycles. The Labute approximate surface area is 115 Å². The highest BCUT2D eigenvalue weighted by atomic mass is 79.9. The summed E-state index contributed by atoms with van der Waals surface area (Å²) in [5.74, 6) is -0.152. The standard InChI is InChI=1S/C13H18BrFN2O/c14-11-1-2-12(15)10(5-11)3-4-17-7-13(6-16)8-18-9-13/h1-2,5,17H,3-4,6-9,16H2. The molecule has 1 aliphatic rings. The van der Waals surface area contributed by atoms with E-state index in [0.29, 0.717) is 13.0 Å². The van der Waals surface area contributed by atoms with Gasteiger partial charge in [0.1, 0.15) is 5.82 Å². The van der Waals surface area contributed by atoms with Crippen molar-refractivity contribution in [1.29, 1.82) is 0 Å². The van der Waals surface area contributed by atoms with Gasteiger partial charge < -0.3 is 15.8 Å². The number of nitrogens with two attached hydrogens (primary N) is 1. The predicted molar refractivity (Wildman–Crippen MR) is 73.0 cm³/mol. The van der Waals surface area contributed by atoms with Gasteiger partial charge in [-0.2, -0.15) is 0 Å². The molecule has 3 N–H and O–H groups in total. The second-order valence-electron chi connectivity index (χ2n) is 4.86. The third-order valence-corrected chi connectivity index (χ3v) is 3.82. The molecule has 18 heavy (non-hydrogen) atoms. The Morgan fingerprint density at radius 1 is 1.44 bits per heavy atom. The zero-order valence-electron chi connectivity index (χ0n) is 10.2. The summed E-state index contributed by atoms with van der Waals surface area (Å²) in [6, 6.07) is 5.02. The van der Waals surface area contributed by atoms with Gasteiger partial charge in [-0.3, -0.25) is 0 Å². The van der Waals surface area contributed by atoms with Crippen molar-refractivity contribution in [3.05, 3.63) is 34.1 Å². The first kappa shape index (κ1) is 13.9. The van der Waals surface area contributed by atoms with E-state index in [1.165, 1.54) is 6.07 Å². The average molecular weight is 317 g/mol. The van der Waals surface area contributed by atoms with E-state index in [-0.39, 0.29) is 11.2 Å². The quantitative estimate of drug-likeness (QED) is 0.785. The van der Waals surface area contributed by atoms with E-state index in [1.807, 2.05) is 6.07 Å². The summed E-state index contributed by atoms with van der Waals surface area (Å²) in [5, 5.41) is 3.33. The molecule has 1 aromatic rings. The Morgan fingerprint density at radius 2 is 2.22 bits per heavy atom. The highest BCUT2D eigenvalue weighted by molar-refractivity contribution is 9.10. The van der Waals surface area contributed by atoms with Crippen molar-refractivity contribution in [1.82, 2.24) is 5.32 Å². The number of hydrogen-bond acceptors (Lipinski definition) is 3. The fourth-order valence-corrected chi connectivity index (χ4v) is 2.40. The summed E-state index contributed by atoms with van der Waals surface area (Å²) in [5.41, 5.74) is 6.54. The van der Waals surface area contributed by atoms with Crippen molar-refractivity contribution < 1.29 is 9.13 Å². The van der Waals surface area contributed by atoms with E-state index in [2.05, 4.69) is 21.2 Å². The van der Waals surface area contributed by atoms with Crippen LogP contribution in [-0.4, -0.2) is 32.8 Å². The number of ether oxygens (including phenoxy) is 1. The zero-order valence-corrected chi connectivity index (χ0v) is 11.8. The first-order valence-electron chi connectivity index (χ1n) is 6.08. The van der Waals surface area contributed by atoms with Crippen molar-refractivity contribution in [2.75, 3.05) is 32.8 Å². The van der Waals surface area contributed by atoms with Crippen LogP contribution in [0.15, 0.2) is 22.7 Å². The van der Waals surface area contributed by atoms with Crippen LogP contribution in [0.1, 0.15) is 5.56 Å². The molecule has 0 amide bonds. The van der Waals surface area contributed by atoms with Gasteiger partial charge in [-0.05, 0) is 36.7 Å². The minimum atomic E-state index is -0.152. The Hall–Kier alpha value is -0.490. The maximum Gasteiger partial charge on any atom is 0.126 e. The molecule has 1 saturated heterocycles. The maximum absolute atomic E-state index is 13.5. The molecule has 1 aromatic carbocycles. The van der Waals surface area contributed by atoms with Crippen LogP contribution >= 0.6 is 15.9 Å². The lowest BCUT2D eigenvalue weighted by molar-refractivity contribution is -0.104. The van der Waals surface area contributed by atoms with E-state index >= 15 is 0 Å². The first-order chi connectivity index (χ1) is 8.65. The molecule has 0 unspecified atom stereocenters. The van der Waals surface area contributed by atoms with Crippen molar-refractivity contribution in [2.45, 2.75) is 6.42 Å². The second kappa shape index (κ2) is 6.10. The fraction of sp³-hybridized carbons (Fsp3) is 0.538. The van der Waals surface area contributed by atoms with Crippen LogP contribution < -0.4 is 11.1 Å². The monoisotopic (exact) mass is 316 g/mol. The summed E-state index contributed by atoms with van der Waals surface area (Å²) < 4.78 is 19.6. The smallest absolute Gasteiger partial charge is 0.126 e. The second-order valence-corrected chi connectivity index (χ2v) is 5.78. The molecule has 1 aliphatic heterocycles. The van der Waals surface area contributed by atoms with E-state index in [0.717, 1.165) is 36.3 Å².